The van der Waals surface area contributed by atoms with Gasteiger partial charge in [0, 0.05) is 23.6 Å². The molecule has 1 amide bonds. The van der Waals surface area contributed by atoms with E-state index in [4.69, 9.17) is 0 Å². The van der Waals surface area contributed by atoms with Gasteiger partial charge in [0.15, 0.2) is 0 Å². The Morgan fingerprint density at radius 3 is 2.61 bits per heavy atom. The Morgan fingerprint density at radius 1 is 1.39 bits per heavy atom. The lowest BCUT2D eigenvalue weighted by Gasteiger charge is -2.22. The third kappa shape index (κ3) is 2.03. The summed E-state index contributed by atoms with van der Waals surface area (Å²) in [6.45, 7) is 8.80. The van der Waals surface area contributed by atoms with Crippen molar-refractivity contribution in [2.75, 3.05) is 6.61 Å². The van der Waals surface area contributed by atoms with E-state index < -0.39 is 0 Å². The van der Waals surface area contributed by atoms with E-state index >= 15 is 0 Å². The second kappa shape index (κ2) is 4.39. The maximum Gasteiger partial charge on any atom is 0.254 e. The molecule has 0 saturated carbocycles. The quantitative estimate of drug-likeness (QED) is 0.890. The third-order valence-electron chi connectivity index (χ3n) is 3.74. The van der Waals surface area contributed by atoms with Crippen molar-refractivity contribution in [1.82, 2.24) is 4.90 Å². The van der Waals surface area contributed by atoms with Crippen LogP contribution in [0, 0.1) is 0 Å². The number of aliphatic hydroxyl groups excluding tert-OH is 1. The molecular weight excluding hydrogens is 226 g/mol. The van der Waals surface area contributed by atoms with E-state index in [2.05, 4.69) is 0 Å². The molecular formula is C15H21NO2. The molecule has 1 aliphatic heterocycles. The lowest BCUT2D eigenvalue weighted by atomic mass is 9.84. The molecule has 0 aromatic heterocycles. The van der Waals surface area contributed by atoms with Crippen molar-refractivity contribution >= 4 is 5.91 Å². The maximum atomic E-state index is 12.3. The van der Waals surface area contributed by atoms with Crippen molar-refractivity contribution in [2.45, 2.75) is 45.7 Å². The number of hydrogen-bond acceptors (Lipinski definition) is 2. The summed E-state index contributed by atoms with van der Waals surface area (Å²) in [5.74, 6) is 0.107. The minimum Gasteiger partial charge on any atom is -0.395 e. The molecule has 18 heavy (non-hydrogen) atoms. The first kappa shape index (κ1) is 13.1. The molecule has 1 aliphatic rings. The molecule has 98 valence electrons. The van der Waals surface area contributed by atoms with Gasteiger partial charge in [-0.15, -0.1) is 0 Å². The molecule has 0 aliphatic carbocycles. The topological polar surface area (TPSA) is 40.5 Å². The molecule has 1 heterocycles. The Balaban J connectivity index is 2.40. The van der Waals surface area contributed by atoms with Gasteiger partial charge in [0.25, 0.3) is 5.91 Å². The Morgan fingerprint density at radius 2 is 2.06 bits per heavy atom. The number of amides is 1. The normalized spacial score (nSPS) is 15.4. The zero-order valence-electron chi connectivity index (χ0n) is 11.5. The van der Waals surface area contributed by atoms with Crippen molar-refractivity contribution in [3.05, 3.63) is 34.9 Å². The van der Waals surface area contributed by atoms with Gasteiger partial charge >= 0.3 is 0 Å². The molecule has 1 aromatic rings. The van der Waals surface area contributed by atoms with Gasteiger partial charge < -0.3 is 10.0 Å². The zero-order valence-corrected chi connectivity index (χ0v) is 11.5. The summed E-state index contributed by atoms with van der Waals surface area (Å²) in [4.78, 5) is 14.1. The van der Waals surface area contributed by atoms with E-state index in [0.29, 0.717) is 6.54 Å². The highest BCUT2D eigenvalue weighted by atomic mass is 16.3. The molecule has 0 saturated heterocycles. The Kier molecular flexibility index (Phi) is 3.20. The smallest absolute Gasteiger partial charge is 0.254 e. The van der Waals surface area contributed by atoms with Crippen LogP contribution in [0.2, 0.25) is 0 Å². The van der Waals surface area contributed by atoms with Crippen LogP contribution in [0.1, 0.15) is 49.2 Å². The van der Waals surface area contributed by atoms with Crippen molar-refractivity contribution in [3.63, 3.8) is 0 Å². The fraction of sp³-hybridized carbons (Fsp3) is 0.533. The van der Waals surface area contributed by atoms with Gasteiger partial charge in [-0.1, -0.05) is 26.0 Å². The first-order valence-electron chi connectivity index (χ1n) is 6.42. The molecule has 0 bridgehead atoms. The highest BCUT2D eigenvalue weighted by Crippen LogP contribution is 2.30. The summed E-state index contributed by atoms with van der Waals surface area (Å²) in [5.41, 5.74) is 2.59. The van der Waals surface area contributed by atoms with Gasteiger partial charge in [0.1, 0.15) is 0 Å². The Labute approximate surface area is 108 Å². The second-order valence-electron chi connectivity index (χ2n) is 5.94. The number of rotatable bonds is 3. The Hall–Kier alpha value is -1.35. The van der Waals surface area contributed by atoms with Crippen LogP contribution in [-0.2, 0) is 12.0 Å². The first-order chi connectivity index (χ1) is 8.36. The van der Waals surface area contributed by atoms with E-state index in [0.717, 1.165) is 16.7 Å². The van der Waals surface area contributed by atoms with Crippen LogP contribution in [0.4, 0.5) is 0 Å². The van der Waals surface area contributed by atoms with Crippen molar-refractivity contribution in [1.29, 1.82) is 0 Å². The molecule has 3 nitrogen and oxygen atoms in total. The molecule has 0 atom stereocenters. The number of nitrogens with zero attached hydrogens (tertiary/aromatic N) is 1. The van der Waals surface area contributed by atoms with Crippen LogP contribution in [-0.4, -0.2) is 28.6 Å². The fourth-order valence-corrected chi connectivity index (χ4v) is 2.25. The number of carbonyl (C=O) groups excluding carboxylic acids is 1. The van der Waals surface area contributed by atoms with Gasteiger partial charge in [-0.05, 0) is 31.0 Å². The highest BCUT2D eigenvalue weighted by molar-refractivity contribution is 5.98. The largest absolute Gasteiger partial charge is 0.395 e. The SMILES string of the molecule is CC(C)N1Cc2ccc(C(C)(C)CO)cc2C1=O. The first-order valence-corrected chi connectivity index (χ1v) is 6.42. The van der Waals surface area contributed by atoms with Crippen molar-refractivity contribution in [2.24, 2.45) is 0 Å². The van der Waals surface area contributed by atoms with Crippen LogP contribution in [0.5, 0.6) is 0 Å². The number of benzene rings is 1. The van der Waals surface area contributed by atoms with E-state index in [1.165, 1.54) is 0 Å². The average molecular weight is 247 g/mol. The van der Waals surface area contributed by atoms with Gasteiger partial charge in [0.05, 0.1) is 6.61 Å². The molecule has 2 rings (SSSR count). The fourth-order valence-electron chi connectivity index (χ4n) is 2.25. The Bertz CT molecular complexity index is 477. The molecule has 3 heteroatoms. The lowest BCUT2D eigenvalue weighted by molar-refractivity contribution is 0.0730. The van der Waals surface area contributed by atoms with Gasteiger partial charge in [0.2, 0.25) is 0 Å². The molecule has 0 spiro atoms. The number of carbonyl (C=O) groups is 1. The summed E-state index contributed by atoms with van der Waals surface area (Å²) < 4.78 is 0. The van der Waals surface area contributed by atoms with Crippen LogP contribution < -0.4 is 0 Å². The van der Waals surface area contributed by atoms with Crippen molar-refractivity contribution in [3.8, 4) is 0 Å². The van der Waals surface area contributed by atoms with Crippen LogP contribution in [0.3, 0.4) is 0 Å². The van der Waals surface area contributed by atoms with Crippen LogP contribution >= 0.6 is 0 Å². The van der Waals surface area contributed by atoms with Gasteiger partial charge in [-0.3, -0.25) is 4.79 Å². The van der Waals surface area contributed by atoms with Crippen molar-refractivity contribution < 1.29 is 9.90 Å². The standard InChI is InChI=1S/C15H21NO2/c1-10(2)16-8-11-5-6-12(15(3,4)9-17)7-13(11)14(16)18/h5-7,10,17H,8-9H2,1-4H3. The lowest BCUT2D eigenvalue weighted by Crippen LogP contribution is -2.30. The summed E-state index contributed by atoms with van der Waals surface area (Å²) in [6, 6.07) is 6.20. The predicted octanol–water partition coefficient (Wildman–Crippen LogP) is 2.32. The molecule has 0 fully saturated rings. The number of aliphatic hydroxyl groups is 1. The summed E-state index contributed by atoms with van der Waals surface area (Å²) in [5, 5.41) is 9.41. The summed E-state index contributed by atoms with van der Waals surface area (Å²) in [6.07, 6.45) is 0. The van der Waals surface area contributed by atoms with E-state index in [1.54, 1.807) is 0 Å². The van der Waals surface area contributed by atoms with E-state index in [9.17, 15) is 9.90 Å². The maximum absolute atomic E-state index is 12.3. The van der Waals surface area contributed by atoms with Gasteiger partial charge in [-0.25, -0.2) is 0 Å². The minimum absolute atomic E-state index is 0.0773. The summed E-state index contributed by atoms with van der Waals surface area (Å²) in [7, 11) is 0. The third-order valence-corrected chi connectivity index (χ3v) is 3.74. The number of hydrogen-bond donors (Lipinski definition) is 1. The number of fused-ring (bicyclic) bond motifs is 1. The van der Waals surface area contributed by atoms with Crippen LogP contribution in [0.25, 0.3) is 0 Å². The average Bonchev–Trinajstić information content (AvgIpc) is 2.66. The van der Waals surface area contributed by atoms with E-state index in [1.807, 2.05) is 50.8 Å². The van der Waals surface area contributed by atoms with Gasteiger partial charge in [-0.2, -0.15) is 0 Å². The molecule has 1 N–H and O–H groups in total. The van der Waals surface area contributed by atoms with E-state index in [-0.39, 0.29) is 24.0 Å². The zero-order chi connectivity index (χ0) is 13.5. The molecule has 0 radical (unpaired) electrons. The molecule has 0 unspecified atom stereocenters. The highest BCUT2D eigenvalue weighted by Gasteiger charge is 2.30. The second-order valence-corrected chi connectivity index (χ2v) is 5.94. The minimum atomic E-state index is -0.305. The molecule has 1 aromatic carbocycles. The predicted molar refractivity (Wildman–Crippen MR) is 71.6 cm³/mol. The monoisotopic (exact) mass is 247 g/mol. The summed E-state index contributed by atoms with van der Waals surface area (Å²) >= 11 is 0. The van der Waals surface area contributed by atoms with Crippen LogP contribution in [0.15, 0.2) is 18.2 Å².